The lowest BCUT2D eigenvalue weighted by atomic mass is 9.81. The fourth-order valence-electron chi connectivity index (χ4n) is 4.81. The zero-order chi connectivity index (χ0) is 20.8. The summed E-state index contributed by atoms with van der Waals surface area (Å²) in [5, 5.41) is 3.39. The van der Waals surface area contributed by atoms with Crippen LogP contribution in [0.3, 0.4) is 0 Å². The van der Waals surface area contributed by atoms with E-state index in [2.05, 4.69) is 26.1 Å². The van der Waals surface area contributed by atoms with Gasteiger partial charge >= 0.3 is 0 Å². The normalized spacial score (nSPS) is 24.5. The molecule has 0 aromatic heterocycles. The summed E-state index contributed by atoms with van der Waals surface area (Å²) in [4.78, 5) is 30.3. The van der Waals surface area contributed by atoms with Crippen molar-refractivity contribution in [1.82, 2.24) is 15.1 Å². The van der Waals surface area contributed by atoms with Crippen molar-refractivity contribution < 1.29 is 18.7 Å². The number of hydrogen-bond acceptors (Lipinski definition) is 5. The number of nitrogens with one attached hydrogen (secondary N) is 1. The first-order chi connectivity index (χ1) is 14.5. The van der Waals surface area contributed by atoms with Gasteiger partial charge in [0.1, 0.15) is 5.82 Å². The number of dihydropyridines is 1. The number of carbonyl (C=O) groups excluding carboxylic acids is 2. The highest BCUT2D eigenvalue weighted by atomic mass is 79.9. The molecule has 1 unspecified atom stereocenters. The van der Waals surface area contributed by atoms with Gasteiger partial charge in [-0.1, -0.05) is 6.07 Å². The van der Waals surface area contributed by atoms with Gasteiger partial charge in [0.25, 0.3) is 5.91 Å². The molecule has 3 heterocycles. The minimum absolute atomic E-state index is 0.0394. The van der Waals surface area contributed by atoms with Crippen LogP contribution in [0.4, 0.5) is 4.39 Å². The summed E-state index contributed by atoms with van der Waals surface area (Å²) in [6.07, 6.45) is 1.11. The molecule has 1 aliphatic carbocycles. The van der Waals surface area contributed by atoms with Crippen LogP contribution in [0.25, 0.3) is 0 Å². The summed E-state index contributed by atoms with van der Waals surface area (Å²) in [7, 11) is 0. The average molecular weight is 476 g/mol. The van der Waals surface area contributed by atoms with Crippen LogP contribution in [0.15, 0.2) is 45.2 Å². The topological polar surface area (TPSA) is 61.9 Å². The zero-order valence-corrected chi connectivity index (χ0v) is 18.1. The Morgan fingerprint density at radius 2 is 1.90 bits per heavy atom. The highest BCUT2D eigenvalue weighted by molar-refractivity contribution is 9.10. The molecule has 1 aromatic rings. The Hall–Kier alpha value is -2.03. The maximum absolute atomic E-state index is 13.9. The molecule has 0 radical (unpaired) electrons. The van der Waals surface area contributed by atoms with Crippen LogP contribution >= 0.6 is 15.9 Å². The molecule has 4 aliphatic rings. The number of ether oxygens (including phenoxy) is 1. The summed E-state index contributed by atoms with van der Waals surface area (Å²) in [6.45, 7) is 5.16. The molecule has 1 amide bonds. The lowest BCUT2D eigenvalue weighted by Crippen LogP contribution is -2.42. The third kappa shape index (κ3) is 3.40. The van der Waals surface area contributed by atoms with Gasteiger partial charge in [-0.15, -0.1) is 0 Å². The van der Waals surface area contributed by atoms with Crippen molar-refractivity contribution in [3.8, 4) is 0 Å². The molecule has 3 aliphatic heterocycles. The van der Waals surface area contributed by atoms with Crippen LogP contribution in [0.5, 0.6) is 0 Å². The van der Waals surface area contributed by atoms with Gasteiger partial charge in [0.15, 0.2) is 5.78 Å². The van der Waals surface area contributed by atoms with E-state index in [-0.39, 0.29) is 17.5 Å². The van der Waals surface area contributed by atoms with Gasteiger partial charge in [-0.25, -0.2) is 4.39 Å². The second kappa shape index (κ2) is 7.90. The number of morpholine rings is 1. The fourth-order valence-corrected chi connectivity index (χ4v) is 5.21. The van der Waals surface area contributed by atoms with Gasteiger partial charge < -0.3 is 15.0 Å². The van der Waals surface area contributed by atoms with E-state index in [4.69, 9.17) is 4.74 Å². The highest BCUT2D eigenvalue weighted by Gasteiger charge is 2.45. The van der Waals surface area contributed by atoms with E-state index in [9.17, 15) is 14.0 Å². The van der Waals surface area contributed by atoms with Crippen molar-refractivity contribution in [1.29, 1.82) is 0 Å². The van der Waals surface area contributed by atoms with Crippen molar-refractivity contribution in [2.45, 2.75) is 18.8 Å². The molecule has 1 atom stereocenters. The molecule has 1 aromatic carbocycles. The highest BCUT2D eigenvalue weighted by Crippen LogP contribution is 2.46. The molecule has 30 heavy (non-hydrogen) atoms. The molecule has 1 N–H and O–H groups in total. The SMILES string of the molecule is O=C1CCC2=C1C(c1ccc(F)c(Br)c1)C1=C(CN(CCN3CCOCC3)C1=O)N2. The van der Waals surface area contributed by atoms with E-state index in [1.165, 1.54) is 6.07 Å². The zero-order valence-electron chi connectivity index (χ0n) is 16.5. The first kappa shape index (κ1) is 19.9. The van der Waals surface area contributed by atoms with Crippen LogP contribution in [-0.2, 0) is 14.3 Å². The molecule has 0 bridgehead atoms. The van der Waals surface area contributed by atoms with Gasteiger partial charge in [-0.05, 0) is 40.0 Å². The first-order valence-corrected chi connectivity index (χ1v) is 11.1. The smallest absolute Gasteiger partial charge is 0.252 e. The minimum Gasteiger partial charge on any atom is -0.379 e. The maximum atomic E-state index is 13.9. The number of ketones is 1. The van der Waals surface area contributed by atoms with Gasteiger partial charge in [0, 0.05) is 55.5 Å². The van der Waals surface area contributed by atoms with Crippen molar-refractivity contribution >= 4 is 27.6 Å². The lowest BCUT2D eigenvalue weighted by Gasteiger charge is -2.29. The molecular formula is C22H23BrFN3O3. The first-order valence-electron chi connectivity index (χ1n) is 10.3. The summed E-state index contributed by atoms with van der Waals surface area (Å²) < 4.78 is 19.6. The van der Waals surface area contributed by atoms with E-state index in [0.29, 0.717) is 41.6 Å². The second-order valence-corrected chi connectivity index (χ2v) is 8.97. The van der Waals surface area contributed by atoms with Gasteiger partial charge in [-0.3, -0.25) is 14.5 Å². The van der Waals surface area contributed by atoms with Crippen molar-refractivity contribution in [2.75, 3.05) is 45.9 Å². The summed E-state index contributed by atoms with van der Waals surface area (Å²) in [6, 6.07) is 4.76. The second-order valence-electron chi connectivity index (χ2n) is 8.12. The van der Waals surface area contributed by atoms with E-state index >= 15 is 0 Å². The Balaban J connectivity index is 1.43. The quantitative estimate of drug-likeness (QED) is 0.723. The summed E-state index contributed by atoms with van der Waals surface area (Å²) >= 11 is 3.25. The number of hydrogen-bond donors (Lipinski definition) is 1. The molecule has 0 spiro atoms. The summed E-state index contributed by atoms with van der Waals surface area (Å²) in [5.74, 6) is -0.778. The molecule has 0 saturated carbocycles. The van der Waals surface area contributed by atoms with Crippen molar-refractivity contribution in [2.24, 2.45) is 0 Å². The number of rotatable bonds is 4. The Labute approximate surface area is 182 Å². The van der Waals surface area contributed by atoms with E-state index < -0.39 is 5.92 Å². The van der Waals surface area contributed by atoms with Crippen LogP contribution in [-0.4, -0.2) is 67.4 Å². The Bertz CT molecular complexity index is 984. The molecular weight excluding hydrogens is 453 g/mol. The maximum Gasteiger partial charge on any atom is 0.252 e. The molecule has 5 rings (SSSR count). The van der Waals surface area contributed by atoms with Gasteiger partial charge in [0.2, 0.25) is 0 Å². The van der Waals surface area contributed by atoms with Crippen molar-refractivity contribution in [3.63, 3.8) is 0 Å². The number of benzene rings is 1. The monoisotopic (exact) mass is 475 g/mol. The largest absolute Gasteiger partial charge is 0.379 e. The molecule has 1 saturated heterocycles. The van der Waals surface area contributed by atoms with E-state index in [1.807, 2.05) is 4.90 Å². The Morgan fingerprint density at radius 3 is 2.67 bits per heavy atom. The third-order valence-electron chi connectivity index (χ3n) is 6.37. The van der Waals surface area contributed by atoms with E-state index in [1.54, 1.807) is 12.1 Å². The molecule has 158 valence electrons. The Morgan fingerprint density at radius 1 is 1.10 bits per heavy atom. The van der Waals surface area contributed by atoms with Gasteiger partial charge in [-0.2, -0.15) is 0 Å². The lowest BCUT2D eigenvalue weighted by molar-refractivity contribution is -0.126. The standard InChI is InChI=1S/C22H23BrFN3O3/c23-14-11-13(1-2-15(14)24)19-20-16(3-4-18(20)28)25-17-12-27(22(29)21(17)19)6-5-26-7-9-30-10-8-26/h1-2,11,19,25H,3-10,12H2. The fraction of sp³-hybridized carbons (Fsp3) is 0.455. The number of allylic oxidation sites excluding steroid dienone is 2. The predicted octanol–water partition coefficient (Wildman–Crippen LogP) is 2.32. The van der Waals surface area contributed by atoms with Crippen LogP contribution < -0.4 is 5.32 Å². The molecule has 8 heteroatoms. The number of amides is 1. The number of carbonyl (C=O) groups is 2. The van der Waals surface area contributed by atoms with Crippen LogP contribution in [0.1, 0.15) is 24.3 Å². The minimum atomic E-state index is -0.441. The predicted molar refractivity (Wildman–Crippen MR) is 112 cm³/mol. The Kier molecular flexibility index (Phi) is 5.24. The number of halogens is 2. The van der Waals surface area contributed by atoms with Crippen LogP contribution in [0, 0.1) is 5.82 Å². The van der Waals surface area contributed by atoms with Crippen molar-refractivity contribution in [3.05, 3.63) is 56.6 Å². The number of nitrogens with zero attached hydrogens (tertiary/aromatic N) is 2. The van der Waals surface area contributed by atoms with E-state index in [0.717, 1.165) is 49.8 Å². The van der Waals surface area contributed by atoms with Gasteiger partial charge in [0.05, 0.1) is 29.8 Å². The third-order valence-corrected chi connectivity index (χ3v) is 6.97. The number of Topliss-reactive ketones (excluding diaryl/α,β-unsaturated/α-hetero) is 1. The molecule has 1 fully saturated rings. The average Bonchev–Trinajstić information content (AvgIpc) is 3.27. The van der Waals surface area contributed by atoms with Crippen LogP contribution in [0.2, 0.25) is 0 Å². The summed E-state index contributed by atoms with van der Waals surface area (Å²) in [5.41, 5.74) is 3.84. The molecule has 6 nitrogen and oxygen atoms in total.